The molecule has 29 heavy (non-hydrogen) atoms. The lowest BCUT2D eigenvalue weighted by Crippen LogP contribution is -2.25. The molecule has 4 aromatic rings. The van der Waals surface area contributed by atoms with Crippen LogP contribution in [0.25, 0.3) is 21.0 Å². The number of alkyl halides is 3. The fraction of sp³-hybridized carbons (Fsp3) is 0.143. The Bertz CT molecular complexity index is 1270. The molecule has 0 saturated carbocycles. The minimum absolute atomic E-state index is 0.159. The Labute approximate surface area is 173 Å². The second kappa shape index (κ2) is 7.00. The van der Waals surface area contributed by atoms with Crippen LogP contribution in [0.15, 0.2) is 48.5 Å². The van der Waals surface area contributed by atoms with Crippen molar-refractivity contribution in [3.63, 3.8) is 0 Å². The van der Waals surface area contributed by atoms with Crippen LogP contribution in [0.3, 0.4) is 0 Å². The minimum atomic E-state index is -4.48. The highest BCUT2D eigenvalue weighted by Crippen LogP contribution is 2.37. The van der Waals surface area contributed by atoms with Gasteiger partial charge in [-0.25, -0.2) is 4.98 Å². The molecule has 0 aliphatic rings. The number of benzene rings is 2. The highest BCUT2D eigenvalue weighted by molar-refractivity contribution is 7.22. The number of pyridine rings is 1. The summed E-state index contributed by atoms with van der Waals surface area (Å²) in [6.07, 6.45) is -4.48. The molecule has 0 aliphatic carbocycles. The lowest BCUT2D eigenvalue weighted by molar-refractivity contribution is -0.137. The maximum Gasteiger partial charge on any atom is 0.416 e. The summed E-state index contributed by atoms with van der Waals surface area (Å²) in [6, 6.07) is 12.1. The molecule has 0 N–H and O–H groups in total. The third kappa shape index (κ3) is 3.56. The first-order chi connectivity index (χ1) is 13.6. The van der Waals surface area contributed by atoms with Crippen LogP contribution in [0.1, 0.15) is 20.8 Å². The zero-order valence-corrected chi connectivity index (χ0v) is 16.9. The van der Waals surface area contributed by atoms with E-state index in [4.69, 9.17) is 11.6 Å². The van der Waals surface area contributed by atoms with E-state index in [1.807, 2.05) is 25.1 Å². The fourth-order valence-corrected chi connectivity index (χ4v) is 4.57. The second-order valence-electron chi connectivity index (χ2n) is 6.69. The molecular weight excluding hydrogens is 421 g/mol. The van der Waals surface area contributed by atoms with Crippen molar-refractivity contribution in [1.29, 1.82) is 0 Å². The molecule has 0 unspecified atom stereocenters. The maximum atomic E-state index is 13.0. The molecule has 0 radical (unpaired) electrons. The van der Waals surface area contributed by atoms with Gasteiger partial charge in [-0.05, 0) is 43.3 Å². The summed E-state index contributed by atoms with van der Waals surface area (Å²) in [5, 5.41) is 1.82. The zero-order chi connectivity index (χ0) is 20.9. The number of nitrogens with zero attached hydrogens (tertiary/aromatic N) is 2. The van der Waals surface area contributed by atoms with Gasteiger partial charge in [0.05, 0.1) is 16.0 Å². The Morgan fingerprint density at radius 3 is 2.59 bits per heavy atom. The molecule has 0 spiro atoms. The number of fused-ring (bicyclic) bond motifs is 3. The highest BCUT2D eigenvalue weighted by atomic mass is 35.5. The Balaban J connectivity index is 1.78. The number of thiophene rings is 1. The van der Waals surface area contributed by atoms with E-state index in [2.05, 4.69) is 4.98 Å². The predicted molar refractivity (Wildman–Crippen MR) is 111 cm³/mol. The number of anilines is 1. The first-order valence-corrected chi connectivity index (χ1v) is 9.79. The van der Waals surface area contributed by atoms with Gasteiger partial charge >= 0.3 is 6.18 Å². The Kier molecular flexibility index (Phi) is 4.75. The van der Waals surface area contributed by atoms with Crippen LogP contribution in [0.2, 0.25) is 5.15 Å². The van der Waals surface area contributed by atoms with E-state index < -0.39 is 17.6 Å². The second-order valence-corrected chi connectivity index (χ2v) is 8.10. The van der Waals surface area contributed by atoms with Crippen LogP contribution in [0, 0.1) is 6.92 Å². The Morgan fingerprint density at radius 1 is 1.10 bits per heavy atom. The molecule has 0 atom stereocenters. The first kappa shape index (κ1) is 19.7. The Hall–Kier alpha value is -2.64. The third-order valence-electron chi connectivity index (χ3n) is 4.65. The number of carbonyl (C=O) groups excluding carboxylic acids is 1. The van der Waals surface area contributed by atoms with Crippen molar-refractivity contribution in [2.45, 2.75) is 13.1 Å². The molecular formula is C21H14ClF3N2OS. The number of carbonyl (C=O) groups is 1. The van der Waals surface area contributed by atoms with Crippen molar-refractivity contribution in [2.24, 2.45) is 0 Å². The zero-order valence-electron chi connectivity index (χ0n) is 15.3. The smallest absolute Gasteiger partial charge is 0.311 e. The van der Waals surface area contributed by atoms with Crippen molar-refractivity contribution >= 4 is 55.5 Å². The third-order valence-corrected chi connectivity index (χ3v) is 6.09. The molecule has 2 heterocycles. The van der Waals surface area contributed by atoms with E-state index in [9.17, 15) is 18.0 Å². The molecule has 4 rings (SSSR count). The van der Waals surface area contributed by atoms with Crippen LogP contribution < -0.4 is 4.90 Å². The van der Waals surface area contributed by atoms with E-state index in [0.717, 1.165) is 33.3 Å². The summed E-state index contributed by atoms with van der Waals surface area (Å²) in [5.74, 6) is -0.414. The molecule has 8 heteroatoms. The molecule has 0 fully saturated rings. The van der Waals surface area contributed by atoms with Gasteiger partial charge in [0.15, 0.2) is 0 Å². The van der Waals surface area contributed by atoms with Crippen LogP contribution in [0.5, 0.6) is 0 Å². The average Bonchev–Trinajstić information content (AvgIpc) is 3.13. The van der Waals surface area contributed by atoms with Crippen molar-refractivity contribution in [1.82, 2.24) is 4.98 Å². The molecule has 0 bridgehead atoms. The number of amides is 1. The summed E-state index contributed by atoms with van der Waals surface area (Å²) in [5.41, 5.74) is 1.12. The number of aromatic nitrogens is 1. The normalized spacial score (nSPS) is 11.9. The molecule has 148 valence electrons. The first-order valence-electron chi connectivity index (χ1n) is 8.60. The van der Waals surface area contributed by atoms with Gasteiger partial charge in [0, 0.05) is 28.2 Å². The van der Waals surface area contributed by atoms with Crippen LogP contribution >= 0.6 is 22.9 Å². The lowest BCUT2D eigenvalue weighted by atomic mass is 10.1. The number of aryl methyl sites for hydroxylation is 1. The van der Waals surface area contributed by atoms with E-state index in [1.54, 1.807) is 6.07 Å². The van der Waals surface area contributed by atoms with E-state index in [0.29, 0.717) is 10.3 Å². The Morgan fingerprint density at radius 2 is 1.86 bits per heavy atom. The molecule has 1 amide bonds. The molecule has 0 aliphatic heterocycles. The van der Waals surface area contributed by atoms with Crippen molar-refractivity contribution in [3.8, 4) is 0 Å². The van der Waals surface area contributed by atoms with Crippen LogP contribution in [0.4, 0.5) is 18.9 Å². The fourth-order valence-electron chi connectivity index (χ4n) is 3.12. The standard InChI is InChI=1S/C21H14ClF3N2OS/c1-11-6-7-16-14(8-11)18-15(19(22)26-16)10-17(29-18)20(28)27(2)13-5-3-4-12(9-13)21(23,24)25/h3-10H,1-2H3. The average molecular weight is 435 g/mol. The van der Waals surface area contributed by atoms with E-state index in [-0.39, 0.29) is 10.8 Å². The summed E-state index contributed by atoms with van der Waals surface area (Å²) < 4.78 is 39.8. The van der Waals surface area contributed by atoms with Gasteiger partial charge in [0.1, 0.15) is 5.15 Å². The van der Waals surface area contributed by atoms with Gasteiger partial charge < -0.3 is 4.90 Å². The number of halogens is 4. The number of hydrogen-bond donors (Lipinski definition) is 0. The molecule has 2 aromatic heterocycles. The van der Waals surface area contributed by atoms with Gasteiger partial charge in [0.2, 0.25) is 0 Å². The van der Waals surface area contributed by atoms with Crippen LogP contribution in [-0.2, 0) is 6.18 Å². The van der Waals surface area contributed by atoms with Gasteiger partial charge in [-0.1, -0.05) is 29.3 Å². The molecule has 0 saturated heterocycles. The molecule has 2 aromatic carbocycles. The SMILES string of the molecule is Cc1ccc2nc(Cl)c3cc(C(=O)N(C)c4cccc(C(F)(F)F)c4)sc3c2c1. The lowest BCUT2D eigenvalue weighted by Gasteiger charge is -2.18. The maximum absolute atomic E-state index is 13.0. The van der Waals surface area contributed by atoms with E-state index in [1.165, 1.54) is 35.4 Å². The number of hydrogen-bond acceptors (Lipinski definition) is 3. The largest absolute Gasteiger partial charge is 0.416 e. The highest BCUT2D eigenvalue weighted by Gasteiger charge is 2.31. The summed E-state index contributed by atoms with van der Waals surface area (Å²) in [4.78, 5) is 18.9. The monoisotopic (exact) mass is 434 g/mol. The van der Waals surface area contributed by atoms with Crippen LogP contribution in [-0.4, -0.2) is 17.9 Å². The summed E-state index contributed by atoms with van der Waals surface area (Å²) in [6.45, 7) is 1.96. The minimum Gasteiger partial charge on any atom is -0.311 e. The van der Waals surface area contributed by atoms with Crippen molar-refractivity contribution in [3.05, 3.63) is 69.7 Å². The van der Waals surface area contributed by atoms with Gasteiger partial charge in [-0.15, -0.1) is 11.3 Å². The summed E-state index contributed by atoms with van der Waals surface area (Å²) >= 11 is 7.56. The quantitative estimate of drug-likeness (QED) is 0.328. The van der Waals surface area contributed by atoms with Gasteiger partial charge in [-0.3, -0.25) is 4.79 Å². The van der Waals surface area contributed by atoms with Crippen molar-refractivity contribution in [2.75, 3.05) is 11.9 Å². The van der Waals surface area contributed by atoms with Gasteiger partial charge in [0.25, 0.3) is 5.91 Å². The molecule has 3 nitrogen and oxygen atoms in total. The predicted octanol–water partition coefficient (Wildman–Crippen LogP) is 6.71. The van der Waals surface area contributed by atoms with E-state index >= 15 is 0 Å². The topological polar surface area (TPSA) is 33.2 Å². The van der Waals surface area contributed by atoms with Gasteiger partial charge in [-0.2, -0.15) is 13.2 Å². The number of rotatable bonds is 2. The summed E-state index contributed by atoms with van der Waals surface area (Å²) in [7, 11) is 1.45. The van der Waals surface area contributed by atoms with Crippen molar-refractivity contribution < 1.29 is 18.0 Å².